The topological polar surface area (TPSA) is 67.8 Å². The molecule has 1 aromatic rings. The Labute approximate surface area is 106 Å². The zero-order chi connectivity index (χ0) is 12.1. The summed E-state index contributed by atoms with van der Waals surface area (Å²) in [5, 5.41) is 10.4. The van der Waals surface area contributed by atoms with Gasteiger partial charge < -0.3 is 5.32 Å². The summed E-state index contributed by atoms with van der Waals surface area (Å²) in [4.78, 5) is 3.91. The number of anilines is 1. The molecular formula is C8H12Cl2N4OS. The molecule has 1 heterocycles. The number of nitrogens with one attached hydrogen (secondary N) is 1. The first-order valence-electron chi connectivity index (χ1n) is 4.61. The van der Waals surface area contributed by atoms with Crippen LogP contribution in [0.4, 0.5) is 5.82 Å². The fourth-order valence-electron chi connectivity index (χ4n) is 1.03. The van der Waals surface area contributed by atoms with Gasteiger partial charge in [0.15, 0.2) is 11.0 Å². The van der Waals surface area contributed by atoms with Crippen molar-refractivity contribution in [3.05, 3.63) is 10.4 Å². The quantitative estimate of drug-likeness (QED) is 0.891. The van der Waals surface area contributed by atoms with Crippen LogP contribution in [0.2, 0.25) is 10.4 Å². The molecule has 0 aliphatic rings. The molecule has 0 saturated heterocycles. The van der Waals surface area contributed by atoms with Gasteiger partial charge in [-0.3, -0.25) is 4.21 Å². The normalized spacial score (nSPS) is 14.5. The van der Waals surface area contributed by atoms with E-state index in [4.69, 9.17) is 23.2 Å². The van der Waals surface area contributed by atoms with E-state index in [0.29, 0.717) is 11.6 Å². The Balaban J connectivity index is 2.58. The Kier molecular flexibility index (Phi) is 5.37. The van der Waals surface area contributed by atoms with Crippen molar-refractivity contribution in [2.24, 2.45) is 0 Å². The van der Waals surface area contributed by atoms with E-state index in [0.717, 1.165) is 6.42 Å². The molecule has 0 aliphatic heterocycles. The molecule has 0 fully saturated rings. The molecule has 0 aliphatic carbocycles. The third kappa shape index (κ3) is 4.59. The predicted molar refractivity (Wildman–Crippen MR) is 66.5 cm³/mol. The highest BCUT2D eigenvalue weighted by molar-refractivity contribution is 7.84. The van der Waals surface area contributed by atoms with Crippen molar-refractivity contribution in [1.29, 1.82) is 0 Å². The molecule has 0 amide bonds. The molecule has 16 heavy (non-hydrogen) atoms. The highest BCUT2D eigenvalue weighted by Crippen LogP contribution is 2.17. The second kappa shape index (κ2) is 6.32. The summed E-state index contributed by atoms with van der Waals surface area (Å²) >= 11 is 11.4. The van der Waals surface area contributed by atoms with Crippen LogP contribution >= 0.6 is 23.2 Å². The number of aromatic nitrogens is 3. The maximum atomic E-state index is 10.9. The van der Waals surface area contributed by atoms with E-state index in [1.165, 1.54) is 0 Å². The van der Waals surface area contributed by atoms with Crippen molar-refractivity contribution in [1.82, 2.24) is 15.2 Å². The lowest BCUT2D eigenvalue weighted by molar-refractivity contribution is 0.678. The number of hydrogen-bond donors (Lipinski definition) is 1. The lowest BCUT2D eigenvalue weighted by Gasteiger charge is -2.13. The number of hydrogen-bond acceptors (Lipinski definition) is 5. The molecule has 0 bridgehead atoms. The summed E-state index contributed by atoms with van der Waals surface area (Å²) in [5.74, 6) is 1.02. The molecule has 0 spiro atoms. The van der Waals surface area contributed by atoms with E-state index in [1.807, 2.05) is 6.92 Å². The predicted octanol–water partition coefficient (Wildman–Crippen LogP) is 1.75. The van der Waals surface area contributed by atoms with Gasteiger partial charge in [0.1, 0.15) is 0 Å². The summed E-state index contributed by atoms with van der Waals surface area (Å²) in [6, 6.07) is 0.0918. The van der Waals surface area contributed by atoms with Gasteiger partial charge in [0.05, 0.1) is 0 Å². The summed E-state index contributed by atoms with van der Waals surface area (Å²) in [7, 11) is -0.801. The number of halogens is 2. The number of rotatable bonds is 5. The Bertz CT molecular complexity index is 390. The minimum atomic E-state index is -0.801. The van der Waals surface area contributed by atoms with Crippen molar-refractivity contribution in [3.8, 4) is 0 Å². The molecule has 1 rings (SSSR count). The van der Waals surface area contributed by atoms with Crippen LogP contribution in [0.15, 0.2) is 0 Å². The number of nitrogens with zero attached hydrogens (tertiary/aromatic N) is 3. The van der Waals surface area contributed by atoms with E-state index >= 15 is 0 Å². The molecule has 0 saturated carbocycles. The molecule has 0 radical (unpaired) electrons. The fraction of sp³-hybridized carbons (Fsp3) is 0.625. The van der Waals surface area contributed by atoms with E-state index in [-0.39, 0.29) is 16.5 Å². The first-order valence-corrected chi connectivity index (χ1v) is 7.09. The molecule has 8 heteroatoms. The van der Waals surface area contributed by atoms with Gasteiger partial charge >= 0.3 is 0 Å². The highest BCUT2D eigenvalue weighted by atomic mass is 35.5. The fourth-order valence-corrected chi connectivity index (χ4v) is 1.98. The largest absolute Gasteiger partial charge is 0.365 e. The SMILES string of the molecule is CC(CCS(C)=O)Nc1nc(Cl)nnc1Cl. The standard InChI is InChI=1S/C8H12Cl2N4OS/c1-5(3-4-16(2)15)11-7-6(9)13-14-8(10)12-7/h5H,3-4H2,1-2H3,(H,11,12,14). The zero-order valence-corrected chi connectivity index (χ0v) is 11.2. The molecule has 2 atom stereocenters. The first-order chi connectivity index (χ1) is 7.49. The van der Waals surface area contributed by atoms with Crippen LogP contribution in [0, 0.1) is 0 Å². The summed E-state index contributed by atoms with van der Waals surface area (Å²) < 4.78 is 10.9. The van der Waals surface area contributed by atoms with Gasteiger partial charge in [-0.2, -0.15) is 4.98 Å². The van der Waals surface area contributed by atoms with Gasteiger partial charge in [-0.25, -0.2) is 0 Å². The summed E-state index contributed by atoms with van der Waals surface area (Å²) in [5.41, 5.74) is 0. The van der Waals surface area contributed by atoms with E-state index < -0.39 is 10.8 Å². The maximum absolute atomic E-state index is 10.9. The Morgan fingerprint density at radius 1 is 1.44 bits per heavy atom. The van der Waals surface area contributed by atoms with Crippen LogP contribution in [0.1, 0.15) is 13.3 Å². The molecular weight excluding hydrogens is 271 g/mol. The smallest absolute Gasteiger partial charge is 0.245 e. The second-order valence-corrected chi connectivity index (χ2v) is 5.58. The van der Waals surface area contributed by atoms with Crippen molar-refractivity contribution in [2.45, 2.75) is 19.4 Å². The van der Waals surface area contributed by atoms with Crippen LogP contribution in [0.3, 0.4) is 0 Å². The van der Waals surface area contributed by atoms with Crippen LogP contribution < -0.4 is 5.32 Å². The van der Waals surface area contributed by atoms with Crippen molar-refractivity contribution in [3.63, 3.8) is 0 Å². The van der Waals surface area contributed by atoms with E-state index in [2.05, 4.69) is 20.5 Å². The Morgan fingerprint density at radius 3 is 2.75 bits per heavy atom. The van der Waals surface area contributed by atoms with Crippen LogP contribution in [-0.2, 0) is 10.8 Å². The highest BCUT2D eigenvalue weighted by Gasteiger charge is 2.09. The van der Waals surface area contributed by atoms with E-state index in [9.17, 15) is 4.21 Å². The molecule has 1 aromatic heterocycles. The Hall–Kier alpha value is -0.460. The van der Waals surface area contributed by atoms with Crippen LogP contribution in [0.5, 0.6) is 0 Å². The molecule has 90 valence electrons. The summed E-state index contributed by atoms with van der Waals surface area (Å²) in [6.45, 7) is 1.94. The maximum Gasteiger partial charge on any atom is 0.245 e. The van der Waals surface area contributed by atoms with Gasteiger partial charge in [-0.05, 0) is 24.9 Å². The van der Waals surface area contributed by atoms with Gasteiger partial charge in [0.2, 0.25) is 5.28 Å². The average molecular weight is 283 g/mol. The van der Waals surface area contributed by atoms with Gasteiger partial charge in [-0.1, -0.05) is 11.6 Å². The Morgan fingerprint density at radius 2 is 2.12 bits per heavy atom. The molecule has 2 unspecified atom stereocenters. The second-order valence-electron chi connectivity index (χ2n) is 3.33. The minimum Gasteiger partial charge on any atom is -0.365 e. The van der Waals surface area contributed by atoms with E-state index in [1.54, 1.807) is 6.26 Å². The third-order valence-electron chi connectivity index (χ3n) is 1.84. The minimum absolute atomic E-state index is 0.0400. The lowest BCUT2D eigenvalue weighted by Crippen LogP contribution is -2.19. The molecule has 1 N–H and O–H groups in total. The van der Waals surface area contributed by atoms with Crippen molar-refractivity contribution >= 4 is 39.8 Å². The van der Waals surface area contributed by atoms with Crippen molar-refractivity contribution < 1.29 is 4.21 Å². The van der Waals surface area contributed by atoms with Gasteiger partial charge in [0.25, 0.3) is 0 Å². The first kappa shape index (κ1) is 13.6. The third-order valence-corrected chi connectivity index (χ3v) is 3.07. The lowest BCUT2D eigenvalue weighted by atomic mass is 10.2. The van der Waals surface area contributed by atoms with Crippen molar-refractivity contribution in [2.75, 3.05) is 17.3 Å². The summed E-state index contributed by atoms with van der Waals surface area (Å²) in [6.07, 6.45) is 2.42. The van der Waals surface area contributed by atoms with Gasteiger partial charge in [0, 0.05) is 28.9 Å². The average Bonchev–Trinajstić information content (AvgIpc) is 2.20. The molecule has 5 nitrogen and oxygen atoms in total. The zero-order valence-electron chi connectivity index (χ0n) is 8.91. The van der Waals surface area contributed by atoms with Crippen LogP contribution in [-0.4, -0.2) is 37.4 Å². The van der Waals surface area contributed by atoms with Gasteiger partial charge in [-0.15, -0.1) is 10.2 Å². The molecule has 0 aromatic carbocycles. The monoisotopic (exact) mass is 282 g/mol. The van der Waals surface area contributed by atoms with Crippen LogP contribution in [0.25, 0.3) is 0 Å².